The third-order valence-corrected chi connectivity index (χ3v) is 6.13. The van der Waals surface area contributed by atoms with Crippen molar-refractivity contribution in [3.63, 3.8) is 0 Å². The average molecular weight is 284 g/mol. The van der Waals surface area contributed by atoms with E-state index in [-0.39, 0.29) is 12.2 Å². The Hall–Kier alpha value is -0.220. The third-order valence-electron chi connectivity index (χ3n) is 4.73. The van der Waals surface area contributed by atoms with E-state index in [2.05, 4.69) is 30.3 Å². The lowest BCUT2D eigenvalue weighted by atomic mass is 10.1. The summed E-state index contributed by atoms with van der Waals surface area (Å²) >= 11 is 1.98. The van der Waals surface area contributed by atoms with Crippen molar-refractivity contribution in [2.45, 2.75) is 75.7 Å². The molecule has 2 unspecified atom stereocenters. The number of nitrogens with zero attached hydrogens (tertiary/aromatic N) is 1. The van der Waals surface area contributed by atoms with E-state index in [0.29, 0.717) is 10.7 Å². The van der Waals surface area contributed by atoms with Gasteiger partial charge in [-0.3, -0.25) is 10.1 Å². The van der Waals surface area contributed by atoms with Crippen LogP contribution in [0.2, 0.25) is 0 Å². The molecule has 0 aromatic rings. The number of amides is 1. The standard InChI is InChI=1S/C15H28N2OS/c1-4-8-13-16-12(5-2)14(18)17(13)11-15(19-3)9-6-7-10-15/h12-13,16H,4-11H2,1-3H3. The van der Waals surface area contributed by atoms with Crippen LogP contribution in [-0.4, -0.2) is 40.6 Å². The highest BCUT2D eigenvalue weighted by molar-refractivity contribution is 8.00. The molecule has 3 nitrogen and oxygen atoms in total. The minimum Gasteiger partial charge on any atom is -0.324 e. The summed E-state index contributed by atoms with van der Waals surface area (Å²) in [6.45, 7) is 5.24. The van der Waals surface area contributed by atoms with Gasteiger partial charge in [0.05, 0.1) is 12.2 Å². The van der Waals surface area contributed by atoms with Gasteiger partial charge in [0.25, 0.3) is 0 Å². The molecule has 110 valence electrons. The third kappa shape index (κ3) is 3.10. The Morgan fingerprint density at radius 1 is 1.37 bits per heavy atom. The predicted molar refractivity (Wildman–Crippen MR) is 82.3 cm³/mol. The van der Waals surface area contributed by atoms with Gasteiger partial charge in [-0.05, 0) is 31.9 Å². The Kier molecular flexibility index (Phi) is 5.18. The molecule has 2 fully saturated rings. The fraction of sp³-hybridized carbons (Fsp3) is 0.933. The van der Waals surface area contributed by atoms with Crippen LogP contribution in [0, 0.1) is 0 Å². The molecule has 0 aromatic carbocycles. The first-order valence-electron chi connectivity index (χ1n) is 7.77. The van der Waals surface area contributed by atoms with Crippen LogP contribution in [-0.2, 0) is 4.79 Å². The first kappa shape index (κ1) is 15.2. The summed E-state index contributed by atoms with van der Waals surface area (Å²) in [5, 5.41) is 3.52. The number of nitrogens with one attached hydrogen (secondary N) is 1. The fourth-order valence-electron chi connectivity index (χ4n) is 3.50. The van der Waals surface area contributed by atoms with Gasteiger partial charge >= 0.3 is 0 Å². The van der Waals surface area contributed by atoms with E-state index in [9.17, 15) is 4.79 Å². The number of hydrogen-bond acceptors (Lipinski definition) is 3. The van der Waals surface area contributed by atoms with Crippen LogP contribution in [0.3, 0.4) is 0 Å². The van der Waals surface area contributed by atoms with Crippen LogP contribution in [0.15, 0.2) is 0 Å². The molecule has 1 aliphatic heterocycles. The van der Waals surface area contributed by atoms with E-state index in [0.717, 1.165) is 25.8 Å². The van der Waals surface area contributed by atoms with Gasteiger partial charge in [0, 0.05) is 11.3 Å². The Morgan fingerprint density at radius 3 is 2.58 bits per heavy atom. The summed E-state index contributed by atoms with van der Waals surface area (Å²) < 4.78 is 0.325. The molecule has 4 heteroatoms. The molecule has 1 heterocycles. The zero-order valence-electron chi connectivity index (χ0n) is 12.6. The zero-order valence-corrected chi connectivity index (χ0v) is 13.4. The lowest BCUT2D eigenvalue weighted by molar-refractivity contribution is -0.130. The van der Waals surface area contributed by atoms with Crippen molar-refractivity contribution in [1.82, 2.24) is 10.2 Å². The zero-order chi connectivity index (χ0) is 13.9. The summed E-state index contributed by atoms with van der Waals surface area (Å²) in [4.78, 5) is 14.7. The molecule has 1 N–H and O–H groups in total. The SMILES string of the molecule is CCCC1NC(CC)C(=O)N1CC1(SC)CCCC1. The second-order valence-electron chi connectivity index (χ2n) is 5.99. The van der Waals surface area contributed by atoms with Crippen LogP contribution in [0.5, 0.6) is 0 Å². The highest BCUT2D eigenvalue weighted by atomic mass is 32.2. The van der Waals surface area contributed by atoms with Crippen LogP contribution in [0.4, 0.5) is 0 Å². The van der Waals surface area contributed by atoms with Crippen LogP contribution in [0.25, 0.3) is 0 Å². The van der Waals surface area contributed by atoms with Gasteiger partial charge in [-0.1, -0.05) is 33.1 Å². The summed E-state index contributed by atoms with van der Waals surface area (Å²) in [6, 6.07) is 0.0526. The predicted octanol–water partition coefficient (Wildman–Crippen LogP) is 3.00. The minimum absolute atomic E-state index is 0.0526. The van der Waals surface area contributed by atoms with Gasteiger partial charge in [-0.2, -0.15) is 11.8 Å². The minimum atomic E-state index is 0.0526. The molecular weight excluding hydrogens is 256 g/mol. The Balaban J connectivity index is 2.08. The molecule has 2 aliphatic rings. The number of thioether (sulfide) groups is 1. The van der Waals surface area contributed by atoms with Gasteiger partial charge in [-0.25, -0.2) is 0 Å². The summed E-state index contributed by atoms with van der Waals surface area (Å²) in [5.74, 6) is 0.335. The maximum Gasteiger partial charge on any atom is 0.241 e. The number of carbonyl (C=O) groups excluding carboxylic acids is 1. The lowest BCUT2D eigenvalue weighted by Crippen LogP contribution is -2.45. The largest absolute Gasteiger partial charge is 0.324 e. The highest BCUT2D eigenvalue weighted by Crippen LogP contribution is 2.41. The van der Waals surface area contributed by atoms with E-state index in [4.69, 9.17) is 0 Å². The molecule has 1 saturated heterocycles. The summed E-state index contributed by atoms with van der Waals surface area (Å²) in [7, 11) is 0. The highest BCUT2D eigenvalue weighted by Gasteiger charge is 2.43. The molecule has 2 rings (SSSR count). The molecule has 1 amide bonds. The molecule has 0 spiro atoms. The summed E-state index contributed by atoms with van der Waals surface area (Å²) in [5.41, 5.74) is 0. The molecule has 1 saturated carbocycles. The topological polar surface area (TPSA) is 32.3 Å². The quantitative estimate of drug-likeness (QED) is 0.814. The van der Waals surface area contributed by atoms with Crippen LogP contribution >= 0.6 is 11.8 Å². The molecule has 1 aliphatic carbocycles. The Bertz CT molecular complexity index is 315. The van der Waals surface area contributed by atoms with Crippen molar-refractivity contribution in [2.75, 3.05) is 12.8 Å². The second-order valence-corrected chi connectivity index (χ2v) is 7.27. The lowest BCUT2D eigenvalue weighted by Gasteiger charge is -2.34. The average Bonchev–Trinajstić information content (AvgIpc) is 2.99. The van der Waals surface area contributed by atoms with Crippen molar-refractivity contribution in [3.05, 3.63) is 0 Å². The van der Waals surface area contributed by atoms with Gasteiger partial charge in [-0.15, -0.1) is 0 Å². The molecule has 2 atom stereocenters. The van der Waals surface area contributed by atoms with E-state index >= 15 is 0 Å². The van der Waals surface area contributed by atoms with Crippen molar-refractivity contribution in [3.8, 4) is 0 Å². The van der Waals surface area contributed by atoms with Gasteiger partial charge < -0.3 is 4.90 Å². The van der Waals surface area contributed by atoms with Crippen molar-refractivity contribution < 1.29 is 4.79 Å². The maximum absolute atomic E-state index is 12.5. The Labute approximate surface area is 121 Å². The van der Waals surface area contributed by atoms with E-state index in [1.807, 2.05) is 11.8 Å². The van der Waals surface area contributed by atoms with Gasteiger partial charge in [0.1, 0.15) is 0 Å². The summed E-state index contributed by atoms with van der Waals surface area (Å²) in [6.07, 6.45) is 10.8. The monoisotopic (exact) mass is 284 g/mol. The van der Waals surface area contributed by atoms with Crippen molar-refractivity contribution in [1.29, 1.82) is 0 Å². The van der Waals surface area contributed by atoms with E-state index < -0.39 is 0 Å². The Morgan fingerprint density at radius 2 is 2.05 bits per heavy atom. The van der Waals surface area contributed by atoms with Crippen molar-refractivity contribution in [2.24, 2.45) is 0 Å². The van der Waals surface area contributed by atoms with Crippen molar-refractivity contribution >= 4 is 17.7 Å². The number of carbonyl (C=O) groups is 1. The normalized spacial score (nSPS) is 30.3. The van der Waals surface area contributed by atoms with Gasteiger partial charge in [0.15, 0.2) is 0 Å². The fourth-order valence-corrected chi connectivity index (χ4v) is 4.46. The number of hydrogen-bond donors (Lipinski definition) is 1. The molecule has 19 heavy (non-hydrogen) atoms. The number of rotatable bonds is 6. The first-order valence-corrected chi connectivity index (χ1v) is 9.00. The van der Waals surface area contributed by atoms with Crippen LogP contribution < -0.4 is 5.32 Å². The smallest absolute Gasteiger partial charge is 0.241 e. The van der Waals surface area contributed by atoms with E-state index in [1.54, 1.807) is 0 Å². The molecule has 0 radical (unpaired) electrons. The second kappa shape index (κ2) is 6.49. The molecular formula is C15H28N2OS. The van der Waals surface area contributed by atoms with Gasteiger partial charge in [0.2, 0.25) is 5.91 Å². The maximum atomic E-state index is 12.5. The first-order chi connectivity index (χ1) is 9.15. The molecule has 0 aromatic heterocycles. The van der Waals surface area contributed by atoms with E-state index in [1.165, 1.54) is 25.7 Å². The molecule has 0 bridgehead atoms. The van der Waals surface area contributed by atoms with Crippen LogP contribution in [0.1, 0.15) is 58.8 Å².